The zero-order valence-corrected chi connectivity index (χ0v) is 13.0. The number of piperazine rings is 1. The molecule has 0 bridgehead atoms. The summed E-state index contributed by atoms with van der Waals surface area (Å²) in [5, 5.41) is 11.6. The van der Waals surface area contributed by atoms with Crippen molar-refractivity contribution in [2.75, 3.05) is 39.8 Å². The van der Waals surface area contributed by atoms with Gasteiger partial charge in [-0.3, -0.25) is 4.90 Å². The van der Waals surface area contributed by atoms with Crippen LogP contribution in [-0.2, 0) is 5.60 Å². The van der Waals surface area contributed by atoms with Gasteiger partial charge in [0.25, 0.3) is 0 Å². The Balaban J connectivity index is 1.73. The van der Waals surface area contributed by atoms with E-state index in [1.165, 1.54) is 11.1 Å². The van der Waals surface area contributed by atoms with Crippen molar-refractivity contribution in [3.8, 4) is 11.1 Å². The number of hydrogen-bond donors (Lipinski definition) is 1. The van der Waals surface area contributed by atoms with Crippen LogP contribution in [0.15, 0.2) is 48.5 Å². The maximum Gasteiger partial charge on any atom is 0.128 e. The smallest absolute Gasteiger partial charge is 0.128 e. The number of likely N-dealkylation sites (N-methyl/N-ethyl adjacent to an activating group) is 1. The van der Waals surface area contributed by atoms with Gasteiger partial charge in [0.1, 0.15) is 5.60 Å². The molecule has 1 N–H and O–H groups in total. The minimum Gasteiger partial charge on any atom is -0.379 e. The average Bonchev–Trinajstić information content (AvgIpc) is 2.80. The molecular formula is C19H22N2O. The summed E-state index contributed by atoms with van der Waals surface area (Å²) in [6.07, 6.45) is 0. The monoisotopic (exact) mass is 294 g/mol. The minimum atomic E-state index is -0.886. The molecule has 0 radical (unpaired) electrons. The summed E-state index contributed by atoms with van der Waals surface area (Å²) in [6.45, 7) is 4.85. The first-order chi connectivity index (χ1) is 10.7. The molecule has 0 spiro atoms. The normalized spacial score (nSPS) is 20.6. The van der Waals surface area contributed by atoms with Gasteiger partial charge in [0, 0.05) is 32.7 Å². The lowest BCUT2D eigenvalue weighted by atomic mass is 9.90. The van der Waals surface area contributed by atoms with Crippen molar-refractivity contribution in [3.05, 3.63) is 59.7 Å². The molecule has 22 heavy (non-hydrogen) atoms. The van der Waals surface area contributed by atoms with E-state index >= 15 is 0 Å². The van der Waals surface area contributed by atoms with Gasteiger partial charge in [-0.1, -0.05) is 48.5 Å². The highest BCUT2D eigenvalue weighted by Crippen LogP contribution is 2.47. The predicted octanol–water partition coefficient (Wildman–Crippen LogP) is 2.15. The Kier molecular flexibility index (Phi) is 3.30. The third kappa shape index (κ3) is 2.09. The second-order valence-corrected chi connectivity index (χ2v) is 6.53. The molecule has 1 heterocycles. The summed E-state index contributed by atoms with van der Waals surface area (Å²) in [7, 11) is 2.16. The molecule has 1 saturated heterocycles. The molecule has 3 heteroatoms. The second-order valence-electron chi connectivity index (χ2n) is 6.53. The molecule has 0 unspecified atom stereocenters. The molecule has 2 aromatic carbocycles. The first-order valence-corrected chi connectivity index (χ1v) is 8.01. The Morgan fingerprint density at radius 3 is 1.91 bits per heavy atom. The van der Waals surface area contributed by atoms with Crippen LogP contribution in [0, 0.1) is 0 Å². The number of nitrogens with zero attached hydrogens (tertiary/aromatic N) is 2. The lowest BCUT2D eigenvalue weighted by molar-refractivity contribution is 0.0234. The molecule has 114 valence electrons. The largest absolute Gasteiger partial charge is 0.379 e. The molecule has 0 aromatic heterocycles. The van der Waals surface area contributed by atoms with E-state index in [9.17, 15) is 5.11 Å². The number of fused-ring (bicyclic) bond motifs is 3. The van der Waals surface area contributed by atoms with Crippen molar-refractivity contribution in [2.24, 2.45) is 0 Å². The van der Waals surface area contributed by atoms with Gasteiger partial charge in [0.15, 0.2) is 0 Å². The van der Waals surface area contributed by atoms with Gasteiger partial charge in [-0.15, -0.1) is 0 Å². The number of rotatable bonds is 2. The summed E-state index contributed by atoms with van der Waals surface area (Å²) < 4.78 is 0. The lowest BCUT2D eigenvalue weighted by Crippen LogP contribution is -2.49. The average molecular weight is 294 g/mol. The van der Waals surface area contributed by atoms with E-state index in [0.29, 0.717) is 6.54 Å². The van der Waals surface area contributed by atoms with E-state index in [1.807, 2.05) is 12.1 Å². The zero-order chi connectivity index (χ0) is 15.2. The molecule has 0 saturated carbocycles. The molecule has 1 aliphatic carbocycles. The molecule has 2 aromatic rings. The first-order valence-electron chi connectivity index (χ1n) is 8.01. The van der Waals surface area contributed by atoms with Crippen LogP contribution in [0.25, 0.3) is 11.1 Å². The summed E-state index contributed by atoms with van der Waals surface area (Å²) in [6, 6.07) is 16.6. The van der Waals surface area contributed by atoms with Gasteiger partial charge in [0.05, 0.1) is 0 Å². The standard InChI is InChI=1S/C19H22N2O/c1-20-10-12-21(13-11-20)14-19(22)17-8-4-2-6-15(17)16-7-3-5-9-18(16)19/h2-9,22H,10-14H2,1H3. The minimum absolute atomic E-state index is 0.675. The van der Waals surface area contributed by atoms with Crippen LogP contribution in [0.1, 0.15) is 11.1 Å². The summed E-state index contributed by atoms with van der Waals surface area (Å²) in [5.41, 5.74) is 3.57. The SMILES string of the molecule is CN1CCN(CC2(O)c3ccccc3-c3ccccc32)CC1. The number of hydrogen-bond acceptors (Lipinski definition) is 3. The van der Waals surface area contributed by atoms with Gasteiger partial charge in [0.2, 0.25) is 0 Å². The maximum atomic E-state index is 11.6. The van der Waals surface area contributed by atoms with E-state index in [0.717, 1.165) is 37.3 Å². The summed E-state index contributed by atoms with van der Waals surface area (Å²) in [5.74, 6) is 0. The molecule has 3 nitrogen and oxygen atoms in total. The van der Waals surface area contributed by atoms with Crippen LogP contribution in [0.5, 0.6) is 0 Å². The molecule has 1 aliphatic heterocycles. The van der Waals surface area contributed by atoms with Crippen LogP contribution in [-0.4, -0.2) is 54.7 Å². The third-order valence-corrected chi connectivity index (χ3v) is 5.08. The lowest BCUT2D eigenvalue weighted by Gasteiger charge is -2.37. The van der Waals surface area contributed by atoms with Crippen molar-refractivity contribution in [2.45, 2.75) is 5.60 Å². The highest BCUT2D eigenvalue weighted by molar-refractivity contribution is 5.80. The van der Waals surface area contributed by atoms with Gasteiger partial charge in [-0.05, 0) is 29.3 Å². The van der Waals surface area contributed by atoms with Crippen molar-refractivity contribution >= 4 is 0 Å². The van der Waals surface area contributed by atoms with Crippen LogP contribution < -0.4 is 0 Å². The van der Waals surface area contributed by atoms with Crippen molar-refractivity contribution in [3.63, 3.8) is 0 Å². The van der Waals surface area contributed by atoms with Crippen molar-refractivity contribution < 1.29 is 5.11 Å². The Morgan fingerprint density at radius 1 is 0.864 bits per heavy atom. The van der Waals surface area contributed by atoms with E-state index < -0.39 is 5.60 Å². The van der Waals surface area contributed by atoms with Crippen LogP contribution in [0.3, 0.4) is 0 Å². The van der Waals surface area contributed by atoms with E-state index in [1.54, 1.807) is 0 Å². The Bertz CT molecular complexity index is 644. The van der Waals surface area contributed by atoms with Gasteiger partial charge in [-0.25, -0.2) is 0 Å². The molecule has 1 fully saturated rings. The predicted molar refractivity (Wildman–Crippen MR) is 88.8 cm³/mol. The molecule has 0 atom stereocenters. The second kappa shape index (κ2) is 5.20. The Hall–Kier alpha value is -1.68. The van der Waals surface area contributed by atoms with Crippen molar-refractivity contribution in [1.29, 1.82) is 0 Å². The number of aliphatic hydroxyl groups is 1. The Morgan fingerprint density at radius 2 is 1.36 bits per heavy atom. The van der Waals surface area contributed by atoms with E-state index in [2.05, 4.69) is 53.2 Å². The fourth-order valence-electron chi connectivity index (χ4n) is 3.80. The summed E-state index contributed by atoms with van der Waals surface area (Å²) in [4.78, 5) is 4.73. The van der Waals surface area contributed by atoms with Gasteiger partial charge >= 0.3 is 0 Å². The fraction of sp³-hybridized carbons (Fsp3) is 0.368. The Labute approximate surface area is 131 Å². The van der Waals surface area contributed by atoms with Gasteiger partial charge < -0.3 is 10.0 Å². The molecule has 4 rings (SSSR count). The molecule has 0 amide bonds. The number of benzene rings is 2. The van der Waals surface area contributed by atoms with Crippen LogP contribution >= 0.6 is 0 Å². The van der Waals surface area contributed by atoms with Crippen LogP contribution in [0.2, 0.25) is 0 Å². The maximum absolute atomic E-state index is 11.6. The van der Waals surface area contributed by atoms with Gasteiger partial charge in [-0.2, -0.15) is 0 Å². The van der Waals surface area contributed by atoms with Crippen LogP contribution in [0.4, 0.5) is 0 Å². The van der Waals surface area contributed by atoms with E-state index in [-0.39, 0.29) is 0 Å². The summed E-state index contributed by atoms with van der Waals surface area (Å²) >= 11 is 0. The first kappa shape index (κ1) is 13.9. The van der Waals surface area contributed by atoms with E-state index in [4.69, 9.17) is 0 Å². The molecule has 2 aliphatic rings. The zero-order valence-electron chi connectivity index (χ0n) is 13.0. The number of β-amino-alcohol motifs (C(OH)–C–C–N with tert-alkyl or cyclic N) is 1. The molecular weight excluding hydrogens is 272 g/mol. The highest BCUT2D eigenvalue weighted by atomic mass is 16.3. The highest BCUT2D eigenvalue weighted by Gasteiger charge is 2.42. The van der Waals surface area contributed by atoms with Crippen molar-refractivity contribution in [1.82, 2.24) is 9.80 Å². The fourth-order valence-corrected chi connectivity index (χ4v) is 3.80. The third-order valence-electron chi connectivity index (χ3n) is 5.08. The quantitative estimate of drug-likeness (QED) is 0.919. The topological polar surface area (TPSA) is 26.7 Å².